The van der Waals surface area contributed by atoms with Crippen LogP contribution in [-0.2, 0) is 11.3 Å². The molecule has 5 nitrogen and oxygen atoms in total. The number of carbonyl (C=O) groups is 1. The van der Waals surface area contributed by atoms with Crippen LogP contribution >= 0.6 is 0 Å². The fourth-order valence-corrected chi connectivity index (χ4v) is 2.59. The molecule has 0 saturated heterocycles. The van der Waals surface area contributed by atoms with E-state index in [-0.39, 0.29) is 11.8 Å². The number of aromatic amines is 1. The van der Waals surface area contributed by atoms with E-state index in [2.05, 4.69) is 15.2 Å². The lowest BCUT2D eigenvalue weighted by Crippen LogP contribution is -2.32. The Bertz CT molecular complexity index is 393. The molecule has 1 fully saturated rings. The number of H-pyrrole nitrogens is 1. The molecule has 1 aliphatic rings. The van der Waals surface area contributed by atoms with Crippen LogP contribution in [0.5, 0.6) is 0 Å². The maximum absolute atomic E-state index is 12.3. The first-order valence-corrected chi connectivity index (χ1v) is 6.79. The van der Waals surface area contributed by atoms with E-state index in [1.807, 2.05) is 14.0 Å². The van der Waals surface area contributed by atoms with E-state index in [0.29, 0.717) is 12.4 Å². The number of aromatic nitrogens is 3. The molecule has 0 aromatic carbocycles. The third kappa shape index (κ3) is 3.31. The van der Waals surface area contributed by atoms with Gasteiger partial charge in [-0.2, -0.15) is 5.10 Å². The molecule has 18 heavy (non-hydrogen) atoms. The van der Waals surface area contributed by atoms with Crippen LogP contribution in [0.15, 0.2) is 0 Å². The van der Waals surface area contributed by atoms with Gasteiger partial charge in [0.15, 0.2) is 5.82 Å². The molecule has 0 unspecified atom stereocenters. The summed E-state index contributed by atoms with van der Waals surface area (Å²) in [5, 5.41) is 6.88. The molecule has 1 aromatic heterocycles. The first kappa shape index (κ1) is 13.1. The fourth-order valence-electron chi connectivity index (χ4n) is 2.59. The maximum atomic E-state index is 12.3. The summed E-state index contributed by atoms with van der Waals surface area (Å²) in [5.74, 6) is 1.94. The lowest BCUT2D eigenvalue weighted by Gasteiger charge is -2.21. The second-order valence-electron chi connectivity index (χ2n) is 5.22. The summed E-state index contributed by atoms with van der Waals surface area (Å²) < 4.78 is 0. The van der Waals surface area contributed by atoms with Crippen molar-refractivity contribution in [2.24, 2.45) is 5.92 Å². The standard InChI is InChI=1S/C13H22N4O/c1-10-14-12(16-15-10)9-17(2)13(18)11-7-5-3-4-6-8-11/h11H,3-9H2,1-2H3,(H,14,15,16). The summed E-state index contributed by atoms with van der Waals surface area (Å²) in [7, 11) is 1.85. The number of aryl methyl sites for hydroxylation is 1. The minimum atomic E-state index is 0.206. The monoisotopic (exact) mass is 250 g/mol. The quantitative estimate of drug-likeness (QED) is 0.835. The van der Waals surface area contributed by atoms with Gasteiger partial charge < -0.3 is 4.90 Å². The molecule has 100 valence electrons. The minimum absolute atomic E-state index is 0.206. The summed E-state index contributed by atoms with van der Waals surface area (Å²) in [6.45, 7) is 2.36. The molecule has 0 bridgehead atoms. The highest BCUT2D eigenvalue weighted by atomic mass is 16.2. The molecule has 1 N–H and O–H groups in total. The Morgan fingerprint density at radius 1 is 1.33 bits per heavy atom. The van der Waals surface area contributed by atoms with Crippen molar-refractivity contribution in [3.63, 3.8) is 0 Å². The number of hydrogen-bond acceptors (Lipinski definition) is 3. The van der Waals surface area contributed by atoms with Crippen LogP contribution in [0.4, 0.5) is 0 Å². The van der Waals surface area contributed by atoms with Crippen LogP contribution in [0.1, 0.15) is 50.2 Å². The van der Waals surface area contributed by atoms with Gasteiger partial charge in [-0.1, -0.05) is 25.7 Å². The van der Waals surface area contributed by atoms with E-state index in [1.165, 1.54) is 25.7 Å². The largest absolute Gasteiger partial charge is 0.338 e. The van der Waals surface area contributed by atoms with Gasteiger partial charge >= 0.3 is 0 Å². The van der Waals surface area contributed by atoms with Crippen molar-refractivity contribution >= 4 is 5.91 Å². The Balaban J connectivity index is 1.91. The Hall–Kier alpha value is -1.39. The zero-order valence-electron chi connectivity index (χ0n) is 11.3. The molecule has 0 aliphatic heterocycles. The summed E-state index contributed by atoms with van der Waals surface area (Å²) in [5.41, 5.74) is 0. The number of rotatable bonds is 3. The van der Waals surface area contributed by atoms with Crippen LogP contribution in [0.2, 0.25) is 0 Å². The van der Waals surface area contributed by atoms with Gasteiger partial charge in [0.1, 0.15) is 5.82 Å². The number of nitrogens with zero attached hydrogens (tertiary/aromatic N) is 3. The topological polar surface area (TPSA) is 61.9 Å². The molecule has 1 heterocycles. The van der Waals surface area contributed by atoms with Gasteiger partial charge in [0.25, 0.3) is 0 Å². The molecule has 0 spiro atoms. The Morgan fingerprint density at radius 2 is 2.00 bits per heavy atom. The van der Waals surface area contributed by atoms with E-state index in [9.17, 15) is 4.79 Å². The smallest absolute Gasteiger partial charge is 0.225 e. The van der Waals surface area contributed by atoms with Gasteiger partial charge in [-0.25, -0.2) is 4.98 Å². The highest BCUT2D eigenvalue weighted by molar-refractivity contribution is 5.78. The predicted molar refractivity (Wildman–Crippen MR) is 68.8 cm³/mol. The van der Waals surface area contributed by atoms with Crippen molar-refractivity contribution in [1.82, 2.24) is 20.1 Å². The highest BCUT2D eigenvalue weighted by Gasteiger charge is 2.23. The highest BCUT2D eigenvalue weighted by Crippen LogP contribution is 2.24. The summed E-state index contributed by atoms with van der Waals surface area (Å²) in [6, 6.07) is 0. The van der Waals surface area contributed by atoms with Crippen molar-refractivity contribution in [1.29, 1.82) is 0 Å². The second-order valence-corrected chi connectivity index (χ2v) is 5.22. The van der Waals surface area contributed by atoms with E-state index in [0.717, 1.165) is 18.7 Å². The van der Waals surface area contributed by atoms with Crippen LogP contribution in [-0.4, -0.2) is 33.0 Å². The van der Waals surface area contributed by atoms with Crippen molar-refractivity contribution in [2.75, 3.05) is 7.05 Å². The lowest BCUT2D eigenvalue weighted by molar-refractivity contribution is -0.135. The van der Waals surface area contributed by atoms with Gasteiger partial charge in [-0.05, 0) is 19.8 Å². The molecule has 5 heteroatoms. The van der Waals surface area contributed by atoms with E-state index < -0.39 is 0 Å². The summed E-state index contributed by atoms with van der Waals surface area (Å²) >= 11 is 0. The summed E-state index contributed by atoms with van der Waals surface area (Å²) in [6.07, 6.45) is 6.99. The summed E-state index contributed by atoms with van der Waals surface area (Å²) in [4.78, 5) is 18.3. The predicted octanol–water partition coefficient (Wildman–Crippen LogP) is 2.04. The van der Waals surface area contributed by atoms with E-state index >= 15 is 0 Å². The van der Waals surface area contributed by atoms with Crippen molar-refractivity contribution < 1.29 is 4.79 Å². The zero-order chi connectivity index (χ0) is 13.0. The number of hydrogen-bond donors (Lipinski definition) is 1. The molecular formula is C13H22N4O. The average Bonchev–Trinajstić information content (AvgIpc) is 2.62. The molecule has 2 rings (SSSR count). The van der Waals surface area contributed by atoms with Crippen molar-refractivity contribution in [2.45, 2.75) is 52.0 Å². The van der Waals surface area contributed by atoms with Crippen LogP contribution in [0.3, 0.4) is 0 Å². The number of nitrogens with one attached hydrogen (secondary N) is 1. The molecule has 1 aliphatic carbocycles. The van der Waals surface area contributed by atoms with Crippen LogP contribution in [0, 0.1) is 12.8 Å². The third-order valence-electron chi connectivity index (χ3n) is 3.60. The minimum Gasteiger partial charge on any atom is -0.338 e. The molecule has 1 saturated carbocycles. The van der Waals surface area contributed by atoms with Crippen LogP contribution < -0.4 is 0 Å². The number of carbonyl (C=O) groups excluding carboxylic acids is 1. The van der Waals surface area contributed by atoms with Gasteiger partial charge in [-0.3, -0.25) is 9.89 Å². The fraction of sp³-hybridized carbons (Fsp3) is 0.769. The van der Waals surface area contributed by atoms with E-state index in [4.69, 9.17) is 0 Å². The third-order valence-corrected chi connectivity index (χ3v) is 3.60. The van der Waals surface area contributed by atoms with Gasteiger partial charge in [0.05, 0.1) is 6.54 Å². The molecule has 0 radical (unpaired) electrons. The second kappa shape index (κ2) is 5.98. The maximum Gasteiger partial charge on any atom is 0.225 e. The molecular weight excluding hydrogens is 228 g/mol. The first-order chi connectivity index (χ1) is 8.66. The van der Waals surface area contributed by atoms with Gasteiger partial charge in [-0.15, -0.1) is 0 Å². The Labute approximate surface area is 108 Å². The zero-order valence-corrected chi connectivity index (χ0v) is 11.3. The van der Waals surface area contributed by atoms with Gasteiger partial charge in [0, 0.05) is 13.0 Å². The van der Waals surface area contributed by atoms with Gasteiger partial charge in [0.2, 0.25) is 5.91 Å². The normalized spacial score (nSPS) is 17.4. The Morgan fingerprint density at radius 3 is 2.56 bits per heavy atom. The molecule has 1 aromatic rings. The first-order valence-electron chi connectivity index (χ1n) is 6.79. The molecule has 1 amide bonds. The van der Waals surface area contributed by atoms with Crippen molar-refractivity contribution in [3.05, 3.63) is 11.6 Å². The Kier molecular flexibility index (Phi) is 4.33. The average molecular weight is 250 g/mol. The lowest BCUT2D eigenvalue weighted by atomic mass is 9.99. The molecule has 0 atom stereocenters. The SMILES string of the molecule is Cc1nc(CN(C)C(=O)C2CCCCCC2)n[nH]1. The van der Waals surface area contributed by atoms with E-state index in [1.54, 1.807) is 4.90 Å². The van der Waals surface area contributed by atoms with Crippen molar-refractivity contribution in [3.8, 4) is 0 Å². The van der Waals surface area contributed by atoms with Crippen LogP contribution in [0.25, 0.3) is 0 Å². The number of amides is 1.